The molecule has 2 atom stereocenters. The number of nitrogens with zero attached hydrogens (tertiary/aromatic N) is 1. The molecule has 1 unspecified atom stereocenters. The van der Waals surface area contributed by atoms with Crippen molar-refractivity contribution in [1.29, 1.82) is 0 Å². The van der Waals surface area contributed by atoms with E-state index in [2.05, 4.69) is 15.5 Å². The van der Waals surface area contributed by atoms with Crippen LogP contribution in [-0.4, -0.2) is 10.2 Å². The van der Waals surface area contributed by atoms with Crippen LogP contribution in [0.3, 0.4) is 0 Å². The molecule has 0 saturated heterocycles. The summed E-state index contributed by atoms with van der Waals surface area (Å²) in [6.07, 6.45) is 1.71. The van der Waals surface area contributed by atoms with Crippen LogP contribution < -0.4 is 5.32 Å². The average Bonchev–Trinajstić information content (AvgIpc) is 2.82. The predicted octanol–water partition coefficient (Wildman–Crippen LogP) is 2.96. The van der Waals surface area contributed by atoms with Crippen molar-refractivity contribution < 1.29 is 4.39 Å². The maximum Gasteiger partial charge on any atom is 0.127 e. The van der Waals surface area contributed by atoms with Gasteiger partial charge in [0, 0.05) is 23.8 Å². The highest BCUT2D eigenvalue weighted by molar-refractivity contribution is 5.21. The number of halogens is 1. The number of benzene rings is 1. The van der Waals surface area contributed by atoms with E-state index in [1.807, 2.05) is 26.0 Å². The Morgan fingerprint density at radius 3 is 2.59 bits per heavy atom. The summed E-state index contributed by atoms with van der Waals surface area (Å²) in [5, 5.41) is 10.1. The minimum absolute atomic E-state index is 0.0468. The van der Waals surface area contributed by atoms with Gasteiger partial charge < -0.3 is 5.32 Å². The maximum absolute atomic E-state index is 13.6. The largest absolute Gasteiger partial charge is 0.302 e. The number of hydrogen-bond donors (Lipinski definition) is 2. The zero-order valence-electron chi connectivity index (χ0n) is 9.94. The van der Waals surface area contributed by atoms with Crippen molar-refractivity contribution in [3.63, 3.8) is 0 Å². The first-order chi connectivity index (χ1) is 8.18. The Balaban J connectivity index is 2.07. The van der Waals surface area contributed by atoms with Crippen molar-refractivity contribution >= 4 is 0 Å². The summed E-state index contributed by atoms with van der Waals surface area (Å²) in [6, 6.07) is 8.79. The van der Waals surface area contributed by atoms with Crippen LogP contribution in [0, 0.1) is 5.82 Å². The van der Waals surface area contributed by atoms with E-state index < -0.39 is 0 Å². The number of rotatable bonds is 4. The summed E-state index contributed by atoms with van der Waals surface area (Å²) < 4.78 is 13.6. The fourth-order valence-corrected chi connectivity index (χ4v) is 1.89. The van der Waals surface area contributed by atoms with Crippen molar-refractivity contribution in [2.24, 2.45) is 0 Å². The number of aromatic nitrogens is 2. The molecule has 3 nitrogen and oxygen atoms in total. The Hall–Kier alpha value is -1.68. The lowest BCUT2D eigenvalue weighted by Crippen LogP contribution is -2.23. The molecule has 0 spiro atoms. The molecule has 2 rings (SSSR count). The lowest BCUT2D eigenvalue weighted by Gasteiger charge is -2.19. The van der Waals surface area contributed by atoms with Crippen molar-refractivity contribution in [3.8, 4) is 0 Å². The number of H-pyrrole nitrogens is 1. The molecule has 1 aromatic carbocycles. The van der Waals surface area contributed by atoms with Crippen LogP contribution in [0.4, 0.5) is 4.39 Å². The third kappa shape index (κ3) is 2.71. The van der Waals surface area contributed by atoms with Crippen LogP contribution in [0.25, 0.3) is 0 Å². The molecule has 0 fully saturated rings. The molecule has 0 aliphatic carbocycles. The third-order valence-corrected chi connectivity index (χ3v) is 2.86. The van der Waals surface area contributed by atoms with Crippen LogP contribution in [0.5, 0.6) is 0 Å². The Bertz CT molecular complexity index is 467. The summed E-state index contributed by atoms with van der Waals surface area (Å²) in [6.45, 7) is 3.97. The van der Waals surface area contributed by atoms with Crippen molar-refractivity contribution in [2.45, 2.75) is 25.9 Å². The highest BCUT2D eigenvalue weighted by atomic mass is 19.1. The molecule has 0 aliphatic heterocycles. The van der Waals surface area contributed by atoms with E-state index in [1.54, 1.807) is 18.3 Å². The Labute approximate surface area is 100 Å². The second kappa shape index (κ2) is 5.10. The first kappa shape index (κ1) is 11.8. The zero-order chi connectivity index (χ0) is 12.3. The molecule has 2 aromatic rings. The molecule has 1 heterocycles. The van der Waals surface area contributed by atoms with E-state index in [0.717, 1.165) is 5.69 Å². The average molecular weight is 233 g/mol. The Morgan fingerprint density at radius 2 is 1.94 bits per heavy atom. The molecule has 2 N–H and O–H groups in total. The number of nitrogens with one attached hydrogen (secondary N) is 2. The first-order valence-electron chi connectivity index (χ1n) is 5.68. The van der Waals surface area contributed by atoms with Gasteiger partial charge in [-0.25, -0.2) is 4.39 Å². The van der Waals surface area contributed by atoms with Crippen LogP contribution in [0.15, 0.2) is 36.5 Å². The molecule has 1 aromatic heterocycles. The summed E-state index contributed by atoms with van der Waals surface area (Å²) in [4.78, 5) is 0. The molecular weight excluding hydrogens is 217 g/mol. The van der Waals surface area contributed by atoms with E-state index in [9.17, 15) is 4.39 Å². The Kier molecular flexibility index (Phi) is 3.54. The molecule has 4 heteroatoms. The summed E-state index contributed by atoms with van der Waals surface area (Å²) in [5.74, 6) is -0.177. The second-order valence-corrected chi connectivity index (χ2v) is 4.14. The number of aromatic amines is 1. The second-order valence-electron chi connectivity index (χ2n) is 4.14. The van der Waals surface area contributed by atoms with E-state index >= 15 is 0 Å². The van der Waals surface area contributed by atoms with E-state index in [1.165, 1.54) is 6.07 Å². The van der Waals surface area contributed by atoms with Gasteiger partial charge in [0.05, 0.1) is 5.69 Å². The zero-order valence-corrected chi connectivity index (χ0v) is 9.94. The van der Waals surface area contributed by atoms with Crippen LogP contribution in [-0.2, 0) is 0 Å². The predicted molar refractivity (Wildman–Crippen MR) is 65.0 cm³/mol. The van der Waals surface area contributed by atoms with Crippen LogP contribution in [0.2, 0.25) is 0 Å². The minimum atomic E-state index is -0.177. The van der Waals surface area contributed by atoms with Crippen molar-refractivity contribution in [1.82, 2.24) is 15.5 Å². The molecular formula is C13H16FN3. The van der Waals surface area contributed by atoms with Gasteiger partial charge in [-0.3, -0.25) is 5.10 Å². The summed E-state index contributed by atoms with van der Waals surface area (Å²) in [7, 11) is 0. The highest BCUT2D eigenvalue weighted by Gasteiger charge is 2.14. The van der Waals surface area contributed by atoms with E-state index in [0.29, 0.717) is 5.56 Å². The molecule has 0 aliphatic rings. The first-order valence-corrected chi connectivity index (χ1v) is 5.68. The quantitative estimate of drug-likeness (QED) is 0.852. The fraction of sp³-hybridized carbons (Fsp3) is 0.308. The van der Waals surface area contributed by atoms with Gasteiger partial charge in [0.1, 0.15) is 5.82 Å². The Morgan fingerprint density at radius 1 is 1.18 bits per heavy atom. The summed E-state index contributed by atoms with van der Waals surface area (Å²) >= 11 is 0. The monoisotopic (exact) mass is 233 g/mol. The van der Waals surface area contributed by atoms with Crippen molar-refractivity contribution in [3.05, 3.63) is 53.6 Å². The van der Waals surface area contributed by atoms with Crippen molar-refractivity contribution in [2.75, 3.05) is 0 Å². The molecule has 0 radical (unpaired) electrons. The highest BCUT2D eigenvalue weighted by Crippen LogP contribution is 2.20. The van der Waals surface area contributed by atoms with Gasteiger partial charge >= 0.3 is 0 Å². The third-order valence-electron chi connectivity index (χ3n) is 2.86. The van der Waals surface area contributed by atoms with Gasteiger partial charge in [-0.2, -0.15) is 5.10 Å². The van der Waals surface area contributed by atoms with Gasteiger partial charge in [-0.15, -0.1) is 0 Å². The van der Waals surface area contributed by atoms with E-state index in [4.69, 9.17) is 0 Å². The SMILES string of the molecule is CC(N[C@H](C)c1ccccc1F)c1ccn[nH]1. The molecule has 17 heavy (non-hydrogen) atoms. The molecule has 0 bridgehead atoms. The normalized spacial score (nSPS) is 14.5. The topological polar surface area (TPSA) is 40.7 Å². The van der Waals surface area contributed by atoms with Gasteiger partial charge in [0.2, 0.25) is 0 Å². The lowest BCUT2D eigenvalue weighted by atomic mass is 10.1. The lowest BCUT2D eigenvalue weighted by molar-refractivity contribution is 0.467. The van der Waals surface area contributed by atoms with Gasteiger partial charge in [0.25, 0.3) is 0 Å². The van der Waals surface area contributed by atoms with Crippen LogP contribution in [0.1, 0.15) is 37.2 Å². The smallest absolute Gasteiger partial charge is 0.127 e. The molecule has 0 saturated carbocycles. The number of hydrogen-bond acceptors (Lipinski definition) is 2. The maximum atomic E-state index is 13.6. The standard InChI is InChI=1S/C13H16FN3/c1-9(11-5-3-4-6-12(11)14)16-10(2)13-7-8-15-17-13/h3-10,16H,1-2H3,(H,15,17)/t9-,10?/m1/s1. The summed E-state index contributed by atoms with van der Waals surface area (Å²) in [5.41, 5.74) is 1.67. The van der Waals surface area contributed by atoms with E-state index in [-0.39, 0.29) is 17.9 Å². The van der Waals surface area contributed by atoms with Gasteiger partial charge in [-0.05, 0) is 26.0 Å². The van der Waals surface area contributed by atoms with Crippen LogP contribution >= 0.6 is 0 Å². The minimum Gasteiger partial charge on any atom is -0.302 e. The fourth-order valence-electron chi connectivity index (χ4n) is 1.89. The molecule has 90 valence electrons. The van der Waals surface area contributed by atoms with Gasteiger partial charge in [-0.1, -0.05) is 18.2 Å². The molecule has 0 amide bonds. The van der Waals surface area contributed by atoms with Gasteiger partial charge in [0.15, 0.2) is 0 Å².